The van der Waals surface area contributed by atoms with E-state index >= 15 is 0 Å². The van der Waals surface area contributed by atoms with E-state index in [0.717, 1.165) is 29.8 Å². The summed E-state index contributed by atoms with van der Waals surface area (Å²) >= 11 is 6.13. The van der Waals surface area contributed by atoms with Crippen molar-refractivity contribution in [1.29, 1.82) is 0 Å². The normalized spacial score (nSPS) is 20.8. The summed E-state index contributed by atoms with van der Waals surface area (Å²) in [4.78, 5) is 25.2. The third kappa shape index (κ3) is 5.22. The van der Waals surface area contributed by atoms with Crippen LogP contribution < -0.4 is 10.2 Å². The molecule has 0 radical (unpaired) electrons. The van der Waals surface area contributed by atoms with Crippen LogP contribution in [-0.4, -0.2) is 38.1 Å². The molecular weight excluding hydrogens is 316 g/mol. The molecule has 1 amide bonds. The summed E-state index contributed by atoms with van der Waals surface area (Å²) in [5.41, 5.74) is 1.67. The molecule has 0 spiro atoms. The van der Waals surface area contributed by atoms with E-state index in [9.17, 15) is 9.59 Å². The molecule has 1 aromatic carbocycles. The molecule has 2 N–H and O–H groups in total. The molecule has 2 atom stereocenters. The quantitative estimate of drug-likeness (QED) is 0.798. The largest absolute Gasteiger partial charge is 0.466 e. The van der Waals surface area contributed by atoms with E-state index in [2.05, 4.69) is 5.32 Å². The number of piperidine rings is 1. The van der Waals surface area contributed by atoms with Crippen LogP contribution in [0.2, 0.25) is 5.02 Å². The molecule has 5 nitrogen and oxygen atoms in total. The Morgan fingerprint density at radius 2 is 2.22 bits per heavy atom. The lowest BCUT2D eigenvalue weighted by Gasteiger charge is -2.28. The first-order valence-corrected chi connectivity index (χ1v) is 8.43. The maximum absolute atomic E-state index is 12.2. The molecule has 0 saturated carbocycles. The number of quaternary nitrogens is 1. The van der Waals surface area contributed by atoms with Gasteiger partial charge in [-0.1, -0.05) is 17.7 Å². The summed E-state index contributed by atoms with van der Waals surface area (Å²) in [5, 5.41) is 3.38. The smallest absolute Gasteiger partial charge is 0.314 e. The van der Waals surface area contributed by atoms with Crippen molar-refractivity contribution < 1.29 is 19.2 Å². The van der Waals surface area contributed by atoms with E-state index in [1.54, 1.807) is 0 Å². The Morgan fingerprint density at radius 1 is 1.43 bits per heavy atom. The van der Waals surface area contributed by atoms with Gasteiger partial charge in [0.1, 0.15) is 5.92 Å². The van der Waals surface area contributed by atoms with Gasteiger partial charge in [-0.2, -0.15) is 0 Å². The molecule has 1 unspecified atom stereocenters. The minimum absolute atomic E-state index is 0.0877. The molecule has 126 valence electrons. The lowest BCUT2D eigenvalue weighted by Crippen LogP contribution is -3.14. The van der Waals surface area contributed by atoms with Gasteiger partial charge in [0, 0.05) is 0 Å². The summed E-state index contributed by atoms with van der Waals surface area (Å²) < 4.78 is 5.09. The number of anilines is 1. The van der Waals surface area contributed by atoms with Gasteiger partial charge in [0.05, 0.1) is 30.4 Å². The lowest BCUT2D eigenvalue weighted by molar-refractivity contribution is -0.899. The predicted molar refractivity (Wildman–Crippen MR) is 89.7 cm³/mol. The van der Waals surface area contributed by atoms with Crippen molar-refractivity contribution in [2.45, 2.75) is 26.7 Å². The van der Waals surface area contributed by atoms with Crippen LogP contribution in [0.1, 0.15) is 25.3 Å². The van der Waals surface area contributed by atoms with Gasteiger partial charge >= 0.3 is 5.97 Å². The third-order valence-corrected chi connectivity index (χ3v) is 4.36. The standard InChI is InChI=1S/C17H23ClN2O3/c1-3-23-17(22)13-5-4-8-20(10-13)11-16(21)19-15-7-6-12(2)9-14(15)18/h6-7,9,13H,3-5,8,10-11H2,1-2H3,(H,19,21)/p+1/t13-/m0/s1. The Hall–Kier alpha value is -1.59. The first kappa shape index (κ1) is 17.8. The van der Waals surface area contributed by atoms with Crippen LogP contribution in [0.4, 0.5) is 5.69 Å². The van der Waals surface area contributed by atoms with Crippen LogP contribution in [0.3, 0.4) is 0 Å². The molecule has 0 aliphatic carbocycles. The van der Waals surface area contributed by atoms with Gasteiger partial charge in [0.2, 0.25) is 0 Å². The number of amides is 1. The molecule has 1 aliphatic rings. The fourth-order valence-electron chi connectivity index (χ4n) is 2.92. The summed E-state index contributed by atoms with van der Waals surface area (Å²) in [7, 11) is 0. The summed E-state index contributed by atoms with van der Waals surface area (Å²) in [6, 6.07) is 5.54. The Bertz CT molecular complexity index is 577. The van der Waals surface area contributed by atoms with E-state index < -0.39 is 0 Å². The Kier molecular flexibility index (Phi) is 6.42. The highest BCUT2D eigenvalue weighted by Gasteiger charge is 2.30. The molecule has 1 saturated heterocycles. The van der Waals surface area contributed by atoms with Crippen molar-refractivity contribution in [2.24, 2.45) is 5.92 Å². The Morgan fingerprint density at radius 3 is 2.91 bits per heavy atom. The van der Waals surface area contributed by atoms with E-state index in [4.69, 9.17) is 16.3 Å². The number of hydrogen-bond donors (Lipinski definition) is 2. The SMILES string of the molecule is CCOC(=O)[C@H]1CCC[NH+](CC(=O)Nc2ccc(C)cc2Cl)C1. The average Bonchev–Trinajstić information content (AvgIpc) is 2.50. The number of carbonyl (C=O) groups is 2. The molecule has 0 bridgehead atoms. The molecule has 1 heterocycles. The van der Waals surface area contributed by atoms with Gasteiger partial charge in [-0.15, -0.1) is 0 Å². The highest BCUT2D eigenvalue weighted by Crippen LogP contribution is 2.22. The molecule has 1 aromatic rings. The molecule has 6 heteroatoms. The van der Waals surface area contributed by atoms with Crippen LogP contribution in [-0.2, 0) is 14.3 Å². The van der Waals surface area contributed by atoms with Crippen molar-refractivity contribution in [3.63, 3.8) is 0 Å². The second-order valence-electron chi connectivity index (χ2n) is 6.00. The van der Waals surface area contributed by atoms with Crippen LogP contribution in [0.25, 0.3) is 0 Å². The summed E-state index contributed by atoms with van der Waals surface area (Å²) in [5.74, 6) is -0.337. The number of carbonyl (C=O) groups excluding carboxylic acids is 2. The second kappa shape index (κ2) is 8.31. The van der Waals surface area contributed by atoms with Gasteiger partial charge < -0.3 is 15.0 Å². The van der Waals surface area contributed by atoms with Gasteiger partial charge in [0.15, 0.2) is 6.54 Å². The number of benzene rings is 1. The fourth-order valence-corrected chi connectivity index (χ4v) is 3.20. The lowest BCUT2D eigenvalue weighted by atomic mass is 9.98. The van der Waals surface area contributed by atoms with Gasteiger partial charge in [-0.25, -0.2) is 0 Å². The van der Waals surface area contributed by atoms with Crippen molar-refractivity contribution in [3.8, 4) is 0 Å². The van der Waals surface area contributed by atoms with Gasteiger partial charge in [-0.3, -0.25) is 9.59 Å². The first-order chi connectivity index (χ1) is 11.0. The second-order valence-corrected chi connectivity index (χ2v) is 6.41. The Balaban J connectivity index is 1.88. The molecule has 1 fully saturated rings. The van der Waals surface area contributed by atoms with Crippen molar-refractivity contribution in [3.05, 3.63) is 28.8 Å². The number of ether oxygens (including phenoxy) is 1. The minimum Gasteiger partial charge on any atom is -0.466 e. The molecule has 0 aromatic heterocycles. The van der Waals surface area contributed by atoms with Crippen LogP contribution in [0.5, 0.6) is 0 Å². The van der Waals surface area contributed by atoms with Gasteiger partial charge in [-0.05, 0) is 44.4 Å². The average molecular weight is 340 g/mol. The molecule has 1 aliphatic heterocycles. The van der Waals surface area contributed by atoms with Crippen LogP contribution in [0.15, 0.2) is 18.2 Å². The molecule has 2 rings (SSSR count). The topological polar surface area (TPSA) is 59.8 Å². The van der Waals surface area contributed by atoms with Crippen molar-refractivity contribution in [1.82, 2.24) is 0 Å². The van der Waals surface area contributed by atoms with E-state index in [1.165, 1.54) is 0 Å². The predicted octanol–water partition coefficient (Wildman–Crippen LogP) is 1.44. The number of esters is 1. The first-order valence-electron chi connectivity index (χ1n) is 8.05. The summed E-state index contributed by atoms with van der Waals surface area (Å²) in [6.45, 7) is 6.03. The van der Waals surface area contributed by atoms with Gasteiger partial charge in [0.25, 0.3) is 5.91 Å². The number of likely N-dealkylation sites (tertiary alicyclic amines) is 1. The maximum Gasteiger partial charge on any atom is 0.314 e. The minimum atomic E-state index is -0.147. The monoisotopic (exact) mass is 339 g/mol. The Labute approximate surface area is 141 Å². The highest BCUT2D eigenvalue weighted by molar-refractivity contribution is 6.33. The maximum atomic E-state index is 12.2. The number of hydrogen-bond acceptors (Lipinski definition) is 3. The fraction of sp³-hybridized carbons (Fsp3) is 0.529. The zero-order chi connectivity index (χ0) is 16.8. The number of aryl methyl sites for hydroxylation is 1. The van der Waals surface area contributed by atoms with Crippen molar-refractivity contribution >= 4 is 29.2 Å². The van der Waals surface area contributed by atoms with E-state index in [0.29, 0.717) is 30.4 Å². The third-order valence-electron chi connectivity index (χ3n) is 4.05. The van der Waals surface area contributed by atoms with Crippen LogP contribution in [0, 0.1) is 12.8 Å². The molecule has 23 heavy (non-hydrogen) atoms. The van der Waals surface area contributed by atoms with E-state index in [1.807, 2.05) is 32.0 Å². The van der Waals surface area contributed by atoms with Crippen LogP contribution >= 0.6 is 11.6 Å². The number of rotatable bonds is 5. The zero-order valence-corrected chi connectivity index (χ0v) is 14.4. The summed E-state index contributed by atoms with van der Waals surface area (Å²) in [6.07, 6.45) is 1.77. The van der Waals surface area contributed by atoms with Crippen molar-refractivity contribution in [2.75, 3.05) is 31.6 Å². The van der Waals surface area contributed by atoms with E-state index in [-0.39, 0.29) is 17.8 Å². The zero-order valence-electron chi connectivity index (χ0n) is 13.7. The molecular formula is C17H24ClN2O3+. The number of halogens is 1. The highest BCUT2D eigenvalue weighted by atomic mass is 35.5. The number of nitrogens with one attached hydrogen (secondary N) is 2.